The molecule has 0 saturated carbocycles. The second kappa shape index (κ2) is 8.01. The van der Waals surface area contributed by atoms with E-state index in [-0.39, 0.29) is 11.3 Å². The number of amides is 1. The van der Waals surface area contributed by atoms with Crippen LogP contribution in [0.1, 0.15) is 30.1 Å². The molecule has 0 aromatic carbocycles. The highest BCUT2D eigenvalue weighted by atomic mass is 32.2. The van der Waals surface area contributed by atoms with E-state index in [1.165, 1.54) is 0 Å². The molecule has 2 aliphatic heterocycles. The Morgan fingerprint density at radius 3 is 2.55 bits per heavy atom. The summed E-state index contributed by atoms with van der Waals surface area (Å²) in [5.74, 6) is -0.0158. The SMILES string of the molecule is CS(=O)N1CCN(C(=O)c2cnc3ccsc3c2N2CCC(C)(C#N)CC2)CC1. The van der Waals surface area contributed by atoms with Gasteiger partial charge < -0.3 is 9.80 Å². The minimum Gasteiger partial charge on any atom is -0.370 e. The van der Waals surface area contributed by atoms with Gasteiger partial charge in [-0.05, 0) is 31.2 Å². The second-order valence-electron chi connectivity index (χ2n) is 7.96. The Bertz CT molecular complexity index is 982. The molecule has 9 heteroatoms. The minimum atomic E-state index is -1.00. The molecule has 1 unspecified atom stereocenters. The van der Waals surface area contributed by atoms with E-state index in [0.29, 0.717) is 31.7 Å². The monoisotopic (exact) mass is 431 g/mol. The van der Waals surface area contributed by atoms with Crippen molar-refractivity contribution in [3.8, 4) is 6.07 Å². The number of piperazine rings is 1. The summed E-state index contributed by atoms with van der Waals surface area (Å²) in [7, 11) is -1.00. The molecule has 29 heavy (non-hydrogen) atoms. The first-order chi connectivity index (χ1) is 13.9. The maximum atomic E-state index is 13.4. The van der Waals surface area contributed by atoms with Crippen LogP contribution in [0.25, 0.3) is 10.2 Å². The predicted octanol–water partition coefficient (Wildman–Crippen LogP) is 2.48. The van der Waals surface area contributed by atoms with E-state index in [0.717, 1.165) is 41.8 Å². The lowest BCUT2D eigenvalue weighted by molar-refractivity contribution is 0.0701. The molecule has 0 aliphatic carbocycles. The fourth-order valence-corrected chi connectivity index (χ4v) is 5.63. The molecule has 0 bridgehead atoms. The Labute approximate surface area is 177 Å². The smallest absolute Gasteiger partial charge is 0.257 e. The van der Waals surface area contributed by atoms with Gasteiger partial charge in [0.15, 0.2) is 0 Å². The lowest BCUT2D eigenvalue weighted by atomic mass is 9.82. The zero-order chi connectivity index (χ0) is 20.6. The van der Waals surface area contributed by atoms with Crippen molar-refractivity contribution in [2.45, 2.75) is 19.8 Å². The van der Waals surface area contributed by atoms with Crippen LogP contribution >= 0.6 is 11.3 Å². The first kappa shape index (κ1) is 20.3. The van der Waals surface area contributed by atoms with Crippen molar-refractivity contribution in [1.82, 2.24) is 14.2 Å². The minimum absolute atomic E-state index is 0.0158. The number of nitriles is 1. The van der Waals surface area contributed by atoms with Crippen molar-refractivity contribution in [2.75, 3.05) is 50.4 Å². The third-order valence-electron chi connectivity index (χ3n) is 6.02. The maximum Gasteiger partial charge on any atom is 0.257 e. The molecule has 1 atom stereocenters. The van der Waals surface area contributed by atoms with Gasteiger partial charge in [0.05, 0.1) is 43.9 Å². The molecule has 0 spiro atoms. The first-order valence-electron chi connectivity index (χ1n) is 9.82. The molecule has 4 heterocycles. The predicted molar refractivity (Wildman–Crippen MR) is 116 cm³/mol. The zero-order valence-corrected chi connectivity index (χ0v) is 18.4. The summed E-state index contributed by atoms with van der Waals surface area (Å²) in [4.78, 5) is 22.0. The molecular formula is C20H25N5O2S2. The quantitative estimate of drug-likeness (QED) is 0.746. The van der Waals surface area contributed by atoms with Gasteiger partial charge in [-0.2, -0.15) is 5.26 Å². The molecule has 2 aromatic heterocycles. The van der Waals surface area contributed by atoms with Crippen molar-refractivity contribution in [3.63, 3.8) is 0 Å². The fraction of sp³-hybridized carbons (Fsp3) is 0.550. The molecule has 2 aromatic rings. The van der Waals surface area contributed by atoms with Gasteiger partial charge in [0.2, 0.25) is 0 Å². The van der Waals surface area contributed by atoms with Crippen LogP contribution < -0.4 is 4.90 Å². The Kier molecular flexibility index (Phi) is 5.60. The molecule has 0 N–H and O–H groups in total. The normalized spacial score (nSPS) is 21.1. The maximum absolute atomic E-state index is 13.4. The molecule has 2 fully saturated rings. The number of hydrogen-bond donors (Lipinski definition) is 0. The fourth-order valence-electron chi connectivity index (χ4n) is 4.02. The summed E-state index contributed by atoms with van der Waals surface area (Å²) < 4.78 is 14.6. The van der Waals surface area contributed by atoms with E-state index in [4.69, 9.17) is 0 Å². The van der Waals surface area contributed by atoms with Crippen LogP contribution in [0.15, 0.2) is 17.6 Å². The third-order valence-corrected chi connectivity index (χ3v) is 8.02. The van der Waals surface area contributed by atoms with Gasteiger partial charge in [-0.3, -0.25) is 9.78 Å². The van der Waals surface area contributed by atoms with Gasteiger partial charge >= 0.3 is 0 Å². The Morgan fingerprint density at radius 1 is 1.24 bits per heavy atom. The topological polar surface area (TPSA) is 80.5 Å². The summed E-state index contributed by atoms with van der Waals surface area (Å²) in [6, 6.07) is 4.43. The van der Waals surface area contributed by atoms with Crippen molar-refractivity contribution in [1.29, 1.82) is 5.26 Å². The highest BCUT2D eigenvalue weighted by Gasteiger charge is 2.33. The van der Waals surface area contributed by atoms with Gasteiger partial charge in [0, 0.05) is 51.7 Å². The molecule has 1 amide bonds. The largest absolute Gasteiger partial charge is 0.370 e. The number of thiophene rings is 1. The van der Waals surface area contributed by atoms with Gasteiger partial charge in [0.25, 0.3) is 5.91 Å². The van der Waals surface area contributed by atoms with Gasteiger partial charge in [-0.1, -0.05) is 0 Å². The summed E-state index contributed by atoms with van der Waals surface area (Å²) in [5.41, 5.74) is 2.19. The summed E-state index contributed by atoms with van der Waals surface area (Å²) in [5, 5.41) is 11.5. The highest BCUT2D eigenvalue weighted by Crippen LogP contribution is 2.39. The van der Waals surface area contributed by atoms with Crippen LogP contribution in [-0.2, 0) is 11.0 Å². The van der Waals surface area contributed by atoms with Gasteiger partial charge in [-0.25, -0.2) is 8.51 Å². The van der Waals surface area contributed by atoms with Gasteiger partial charge in [0.1, 0.15) is 0 Å². The number of aromatic nitrogens is 1. The second-order valence-corrected chi connectivity index (χ2v) is 10.2. The zero-order valence-electron chi connectivity index (χ0n) is 16.8. The first-order valence-corrected chi connectivity index (χ1v) is 12.2. The number of carbonyl (C=O) groups excluding carboxylic acids is 1. The van der Waals surface area contributed by atoms with Crippen molar-refractivity contribution < 1.29 is 9.00 Å². The molecule has 2 aliphatic rings. The number of pyridine rings is 1. The number of rotatable bonds is 3. The van der Waals surface area contributed by atoms with E-state index in [9.17, 15) is 14.3 Å². The van der Waals surface area contributed by atoms with E-state index in [2.05, 4.69) is 16.0 Å². The third kappa shape index (κ3) is 3.89. The molecule has 154 valence electrons. The molecule has 4 rings (SSSR count). The Morgan fingerprint density at radius 2 is 1.93 bits per heavy atom. The molecule has 7 nitrogen and oxygen atoms in total. The Balaban J connectivity index is 1.63. The number of fused-ring (bicyclic) bond motifs is 1. The van der Waals surface area contributed by atoms with Crippen LogP contribution in [0.5, 0.6) is 0 Å². The van der Waals surface area contributed by atoms with Crippen LogP contribution in [0, 0.1) is 16.7 Å². The lowest BCUT2D eigenvalue weighted by Gasteiger charge is -2.38. The number of piperidine rings is 1. The number of anilines is 1. The van der Waals surface area contributed by atoms with Crippen LogP contribution in [-0.4, -0.2) is 69.8 Å². The van der Waals surface area contributed by atoms with Crippen LogP contribution in [0.3, 0.4) is 0 Å². The van der Waals surface area contributed by atoms with Crippen LogP contribution in [0.4, 0.5) is 5.69 Å². The molecule has 0 radical (unpaired) electrons. The average molecular weight is 432 g/mol. The average Bonchev–Trinajstić information content (AvgIpc) is 3.22. The van der Waals surface area contributed by atoms with E-state index in [1.54, 1.807) is 23.8 Å². The number of nitrogens with zero attached hydrogens (tertiary/aromatic N) is 5. The van der Waals surface area contributed by atoms with Crippen molar-refractivity contribution in [3.05, 3.63) is 23.2 Å². The van der Waals surface area contributed by atoms with E-state index >= 15 is 0 Å². The standard InChI is InChI=1S/C20H25N5O2S2/c1-20(14-21)4-6-23(7-5-20)17-15(13-22-16-3-12-28-18(16)17)19(26)24-8-10-25(11-9-24)29(2)27/h3,12-13H,4-11H2,1-2H3. The van der Waals surface area contributed by atoms with Gasteiger partial charge in [-0.15, -0.1) is 11.3 Å². The number of carbonyl (C=O) groups is 1. The number of hydrogen-bond acceptors (Lipinski definition) is 6. The van der Waals surface area contributed by atoms with Crippen LogP contribution in [0.2, 0.25) is 0 Å². The van der Waals surface area contributed by atoms with Crippen molar-refractivity contribution >= 4 is 44.1 Å². The Hall–Kier alpha value is -2.02. The lowest BCUT2D eigenvalue weighted by Crippen LogP contribution is -2.49. The summed E-state index contributed by atoms with van der Waals surface area (Å²) in [6.45, 7) is 5.88. The summed E-state index contributed by atoms with van der Waals surface area (Å²) in [6.07, 6.45) is 4.95. The molecule has 2 saturated heterocycles. The van der Waals surface area contributed by atoms with E-state index < -0.39 is 11.0 Å². The highest BCUT2D eigenvalue weighted by molar-refractivity contribution is 7.81. The van der Waals surface area contributed by atoms with Crippen molar-refractivity contribution in [2.24, 2.45) is 5.41 Å². The molecular weight excluding hydrogens is 406 g/mol. The van der Waals surface area contributed by atoms with E-state index in [1.807, 2.05) is 27.6 Å². The summed E-state index contributed by atoms with van der Waals surface area (Å²) >= 11 is 1.61.